The molecule has 2 unspecified atom stereocenters. The Kier molecular flexibility index (Phi) is 3.61. The van der Waals surface area contributed by atoms with Gasteiger partial charge in [-0.15, -0.1) is 11.3 Å². The van der Waals surface area contributed by atoms with Crippen LogP contribution in [0.1, 0.15) is 36.8 Å². The zero-order valence-corrected chi connectivity index (χ0v) is 10.5. The number of hydrogen-bond acceptors (Lipinski definition) is 4. The summed E-state index contributed by atoms with van der Waals surface area (Å²) in [4.78, 5) is 13.3. The molecule has 2 heterocycles. The molecule has 0 aromatic carbocycles. The highest BCUT2D eigenvalue weighted by Crippen LogP contribution is 2.28. The van der Waals surface area contributed by atoms with Crippen LogP contribution in [0.5, 0.6) is 0 Å². The molecule has 0 bridgehead atoms. The summed E-state index contributed by atoms with van der Waals surface area (Å²) >= 11 is 1.72. The van der Waals surface area contributed by atoms with Gasteiger partial charge in [0, 0.05) is 11.4 Å². The number of nitrogens with one attached hydrogen (secondary N) is 1. The lowest BCUT2D eigenvalue weighted by atomic mass is 10.0. The molecule has 0 aliphatic carbocycles. The summed E-state index contributed by atoms with van der Waals surface area (Å²) in [6, 6.07) is 1.76. The molecule has 2 atom stereocenters. The molecule has 1 N–H and O–H groups in total. The van der Waals surface area contributed by atoms with Crippen molar-refractivity contribution >= 4 is 17.3 Å². The molecule has 0 spiro atoms. The summed E-state index contributed by atoms with van der Waals surface area (Å²) in [7, 11) is 0. The van der Waals surface area contributed by atoms with Crippen LogP contribution in [0.4, 0.5) is 0 Å². The van der Waals surface area contributed by atoms with E-state index in [2.05, 4.69) is 5.32 Å². The van der Waals surface area contributed by atoms with E-state index in [-0.39, 0.29) is 18.1 Å². The average Bonchev–Trinajstić information content (AvgIpc) is 2.76. The maximum absolute atomic E-state index is 11.9. The van der Waals surface area contributed by atoms with Gasteiger partial charge in [0.15, 0.2) is 0 Å². The third kappa shape index (κ3) is 2.28. The van der Waals surface area contributed by atoms with Gasteiger partial charge in [0.25, 0.3) is 0 Å². The summed E-state index contributed by atoms with van der Waals surface area (Å²) in [5, 5.41) is 5.27. The highest BCUT2D eigenvalue weighted by atomic mass is 32.1. The molecule has 1 aliphatic rings. The second-order valence-corrected chi connectivity index (χ2v) is 5.09. The van der Waals surface area contributed by atoms with Crippen LogP contribution in [0.25, 0.3) is 0 Å². The van der Waals surface area contributed by atoms with E-state index in [4.69, 9.17) is 4.74 Å². The normalized spacial score (nSPS) is 21.2. The Morgan fingerprint density at radius 2 is 2.56 bits per heavy atom. The van der Waals surface area contributed by atoms with Crippen LogP contribution in [0.15, 0.2) is 11.4 Å². The molecule has 0 saturated heterocycles. The molecule has 0 fully saturated rings. The Labute approximate surface area is 99.8 Å². The fraction of sp³-hybridized carbons (Fsp3) is 0.583. The van der Waals surface area contributed by atoms with Crippen LogP contribution in [0, 0.1) is 0 Å². The smallest absolute Gasteiger partial charge is 0.328 e. The van der Waals surface area contributed by atoms with Crippen molar-refractivity contribution in [2.45, 2.75) is 38.8 Å². The molecule has 0 radical (unpaired) electrons. The monoisotopic (exact) mass is 239 g/mol. The predicted octanol–water partition coefficient (Wildman–Crippen LogP) is 2.28. The molecule has 0 amide bonds. The lowest BCUT2D eigenvalue weighted by Crippen LogP contribution is -2.36. The number of fused-ring (bicyclic) bond motifs is 1. The van der Waals surface area contributed by atoms with Crippen LogP contribution in [0.2, 0.25) is 0 Å². The van der Waals surface area contributed by atoms with Crippen molar-refractivity contribution in [1.82, 2.24) is 5.32 Å². The minimum atomic E-state index is -0.260. The van der Waals surface area contributed by atoms with Crippen molar-refractivity contribution in [2.75, 3.05) is 6.54 Å². The lowest BCUT2D eigenvalue weighted by molar-refractivity contribution is -0.151. The van der Waals surface area contributed by atoms with E-state index in [1.807, 2.05) is 25.3 Å². The van der Waals surface area contributed by atoms with Gasteiger partial charge in [-0.25, -0.2) is 4.79 Å². The van der Waals surface area contributed by atoms with E-state index in [9.17, 15) is 4.79 Å². The molecule has 1 aromatic heterocycles. The molecule has 3 nitrogen and oxygen atoms in total. The third-order valence-electron chi connectivity index (χ3n) is 2.92. The van der Waals surface area contributed by atoms with Gasteiger partial charge in [-0.2, -0.15) is 0 Å². The van der Waals surface area contributed by atoms with Gasteiger partial charge in [0.2, 0.25) is 0 Å². The Balaban J connectivity index is 2.09. The van der Waals surface area contributed by atoms with Crippen LogP contribution in [-0.4, -0.2) is 18.6 Å². The standard InChI is InChI=1S/C12H17NO2S/c1-3-8(2)15-12(14)11-9-5-7-16-10(9)4-6-13-11/h5,7-8,11,13H,3-4,6H2,1-2H3. The van der Waals surface area contributed by atoms with Gasteiger partial charge in [-0.1, -0.05) is 6.92 Å². The number of rotatable bonds is 3. The van der Waals surface area contributed by atoms with Gasteiger partial charge in [0.05, 0.1) is 6.10 Å². The first-order valence-corrected chi connectivity index (χ1v) is 6.60. The Hall–Kier alpha value is -0.870. The van der Waals surface area contributed by atoms with Crippen molar-refractivity contribution < 1.29 is 9.53 Å². The molecule has 0 saturated carbocycles. The van der Waals surface area contributed by atoms with Crippen LogP contribution in [0.3, 0.4) is 0 Å². The number of carbonyl (C=O) groups is 1. The summed E-state index contributed by atoms with van der Waals surface area (Å²) in [6.45, 7) is 4.80. The lowest BCUT2D eigenvalue weighted by Gasteiger charge is -2.24. The average molecular weight is 239 g/mol. The summed E-state index contributed by atoms with van der Waals surface area (Å²) in [5.74, 6) is -0.145. The molecule has 4 heteroatoms. The van der Waals surface area contributed by atoms with E-state index in [1.165, 1.54) is 4.88 Å². The Bertz CT molecular complexity index is 375. The minimum absolute atomic E-state index is 0.00156. The van der Waals surface area contributed by atoms with E-state index >= 15 is 0 Å². The first-order valence-electron chi connectivity index (χ1n) is 5.72. The van der Waals surface area contributed by atoms with E-state index in [0.29, 0.717) is 0 Å². The predicted molar refractivity (Wildman–Crippen MR) is 64.6 cm³/mol. The van der Waals surface area contributed by atoms with Crippen molar-refractivity contribution in [3.63, 3.8) is 0 Å². The topological polar surface area (TPSA) is 38.3 Å². The maximum atomic E-state index is 11.9. The zero-order chi connectivity index (χ0) is 11.5. The van der Waals surface area contributed by atoms with Crippen molar-refractivity contribution in [3.8, 4) is 0 Å². The number of ether oxygens (including phenoxy) is 1. The highest BCUT2D eigenvalue weighted by Gasteiger charge is 2.28. The Morgan fingerprint density at radius 1 is 1.75 bits per heavy atom. The molecular formula is C12H17NO2S. The van der Waals surface area contributed by atoms with Gasteiger partial charge in [-0.3, -0.25) is 0 Å². The number of thiophene rings is 1. The van der Waals surface area contributed by atoms with Crippen molar-refractivity contribution in [3.05, 3.63) is 21.9 Å². The van der Waals surface area contributed by atoms with Crippen molar-refractivity contribution in [1.29, 1.82) is 0 Å². The molecule has 88 valence electrons. The van der Waals surface area contributed by atoms with E-state index < -0.39 is 0 Å². The summed E-state index contributed by atoms with van der Waals surface area (Å²) in [6.07, 6.45) is 1.87. The molecule has 2 rings (SSSR count). The van der Waals surface area contributed by atoms with E-state index in [1.54, 1.807) is 11.3 Å². The number of esters is 1. The second-order valence-electron chi connectivity index (χ2n) is 4.09. The zero-order valence-electron chi connectivity index (χ0n) is 9.66. The van der Waals surface area contributed by atoms with Gasteiger partial charge >= 0.3 is 5.97 Å². The van der Waals surface area contributed by atoms with Crippen LogP contribution >= 0.6 is 11.3 Å². The van der Waals surface area contributed by atoms with E-state index in [0.717, 1.165) is 24.9 Å². The largest absolute Gasteiger partial charge is 0.461 e. The minimum Gasteiger partial charge on any atom is -0.461 e. The number of carbonyl (C=O) groups excluding carboxylic acids is 1. The summed E-state index contributed by atoms with van der Waals surface area (Å²) in [5.41, 5.74) is 1.10. The first-order chi connectivity index (χ1) is 7.72. The fourth-order valence-corrected chi connectivity index (χ4v) is 2.73. The van der Waals surface area contributed by atoms with Crippen LogP contribution in [-0.2, 0) is 16.0 Å². The first kappa shape index (κ1) is 11.6. The number of hydrogen-bond donors (Lipinski definition) is 1. The molecular weight excluding hydrogens is 222 g/mol. The maximum Gasteiger partial charge on any atom is 0.328 e. The summed E-state index contributed by atoms with van der Waals surface area (Å²) < 4.78 is 5.37. The van der Waals surface area contributed by atoms with Gasteiger partial charge in [0.1, 0.15) is 6.04 Å². The third-order valence-corrected chi connectivity index (χ3v) is 3.92. The highest BCUT2D eigenvalue weighted by molar-refractivity contribution is 7.10. The molecule has 1 aromatic rings. The SMILES string of the molecule is CCC(C)OC(=O)C1NCCc2sccc21. The fourth-order valence-electron chi connectivity index (χ4n) is 1.81. The molecule has 1 aliphatic heterocycles. The molecule has 16 heavy (non-hydrogen) atoms. The van der Waals surface area contributed by atoms with Gasteiger partial charge < -0.3 is 10.1 Å². The quantitative estimate of drug-likeness (QED) is 0.822. The second kappa shape index (κ2) is 4.97. The van der Waals surface area contributed by atoms with Gasteiger partial charge in [-0.05, 0) is 36.8 Å². The Morgan fingerprint density at radius 3 is 3.31 bits per heavy atom. The van der Waals surface area contributed by atoms with Crippen LogP contribution < -0.4 is 5.32 Å². The van der Waals surface area contributed by atoms with Crippen molar-refractivity contribution in [2.24, 2.45) is 0 Å².